The van der Waals surface area contributed by atoms with Gasteiger partial charge in [-0.25, -0.2) is 28.8 Å². The monoisotopic (exact) mass is 1160 g/mol. The van der Waals surface area contributed by atoms with Crippen LogP contribution in [0.15, 0.2) is 24.3 Å². The molecule has 2 rings (SSSR count). The molecule has 20 heteroatoms. The Bertz CT molecular complexity index is 2100. The van der Waals surface area contributed by atoms with E-state index < -0.39 is 53.2 Å². The summed E-state index contributed by atoms with van der Waals surface area (Å²) in [5, 5.41) is 17.8. The molecule has 0 radical (unpaired) electrons. The Morgan fingerprint density at radius 3 is 1.44 bits per heavy atom. The van der Waals surface area contributed by atoms with Crippen molar-refractivity contribution < 1.29 is 66.8 Å². The molecule has 0 aromatic rings. The molecule has 0 aromatic heterocycles. The molecular formula is C62H108N6O14. The first-order valence-corrected chi connectivity index (χ1v) is 30.2. The quantitative estimate of drug-likeness (QED) is 0.0148. The summed E-state index contributed by atoms with van der Waals surface area (Å²) in [7, 11) is 0. The summed E-state index contributed by atoms with van der Waals surface area (Å²) in [6, 6.07) is -0.177. The highest BCUT2D eigenvalue weighted by Gasteiger charge is 2.46. The highest BCUT2D eigenvalue weighted by atomic mass is 16.6. The van der Waals surface area contributed by atoms with Crippen LogP contribution < -0.4 is 31.9 Å². The fraction of sp³-hybridized carbons (Fsp3) is 0.806. The Hall–Kier alpha value is -5.56. The van der Waals surface area contributed by atoms with Crippen molar-refractivity contribution in [2.45, 2.75) is 224 Å². The van der Waals surface area contributed by atoms with Gasteiger partial charge < -0.3 is 60.3 Å². The van der Waals surface area contributed by atoms with Gasteiger partial charge in [0.05, 0.1) is 32.9 Å². The Balaban J connectivity index is 2.07. The lowest BCUT2D eigenvalue weighted by molar-refractivity contribution is -0.139. The number of hydrogen-bond donors (Lipinski definition) is 6. The normalized spacial score (nSPS) is 22.3. The van der Waals surface area contributed by atoms with E-state index in [4.69, 9.17) is 28.4 Å². The first kappa shape index (κ1) is 72.5. The molecule has 2 aliphatic carbocycles. The van der Waals surface area contributed by atoms with Gasteiger partial charge in [-0.15, -0.1) is 0 Å². The fourth-order valence-corrected chi connectivity index (χ4v) is 11.9. The third-order valence-corrected chi connectivity index (χ3v) is 15.8. The second-order valence-electron chi connectivity index (χ2n) is 26.6. The molecule has 0 heterocycles. The summed E-state index contributed by atoms with van der Waals surface area (Å²) >= 11 is 0. The van der Waals surface area contributed by atoms with Gasteiger partial charge in [0.15, 0.2) is 0 Å². The molecule has 0 spiro atoms. The van der Waals surface area contributed by atoms with Gasteiger partial charge in [-0.1, -0.05) is 95.7 Å². The van der Waals surface area contributed by atoms with Crippen molar-refractivity contribution >= 4 is 48.1 Å². The summed E-state index contributed by atoms with van der Waals surface area (Å²) in [6.07, 6.45) is 9.37. The molecular weight excluding hydrogens is 1050 g/mol. The second kappa shape index (κ2) is 35.5. The van der Waals surface area contributed by atoms with Gasteiger partial charge in [0.1, 0.15) is 19.3 Å². The molecule has 470 valence electrons. The predicted molar refractivity (Wildman–Crippen MR) is 316 cm³/mol. The standard InChI is InChI=1S/C62H108N6O14/c1-16-50(69)67-47-33-59(11,12)39-61(14,35-47)41-65-55(74)81-30-20-23-46(8)24-25-49(82-57(76)64-27-32-78-53(72)44(5)6)37-60(13)34-48(68-51(70)38-58(9,10)17-2)36-62(15,40-60)42-66-56(75)80-29-19-22-45(7)21-18-28-79-54(73)63-26-31-77-52(71)43(3)4/h45-49H,3,5,16-42H2,1-2,4,6-15H3,(H,63,73)(H,64,76)(H,65,74)(H,66,75)(H,67,69)(H,68,70). The highest BCUT2D eigenvalue weighted by molar-refractivity contribution is 5.87. The van der Waals surface area contributed by atoms with Gasteiger partial charge >= 0.3 is 36.3 Å². The van der Waals surface area contributed by atoms with Crippen molar-refractivity contribution in [2.75, 3.05) is 59.2 Å². The van der Waals surface area contributed by atoms with Crippen LogP contribution in [0.3, 0.4) is 0 Å². The number of carbonyl (C=O) groups excluding carboxylic acids is 8. The summed E-state index contributed by atoms with van der Waals surface area (Å²) in [4.78, 5) is 101. The van der Waals surface area contributed by atoms with Crippen LogP contribution in [0.4, 0.5) is 19.2 Å². The average Bonchev–Trinajstić information content (AvgIpc) is 3.00. The minimum absolute atomic E-state index is 0.00613. The third kappa shape index (κ3) is 31.2. The number of nitrogens with one attached hydrogen (secondary N) is 6. The second-order valence-corrected chi connectivity index (χ2v) is 26.6. The smallest absolute Gasteiger partial charge is 0.407 e. The zero-order valence-corrected chi connectivity index (χ0v) is 52.6. The van der Waals surface area contributed by atoms with E-state index in [1.807, 2.05) is 6.92 Å². The lowest BCUT2D eigenvalue weighted by atomic mass is 9.60. The number of alkyl carbamates (subject to hydrolysis) is 4. The third-order valence-electron chi connectivity index (χ3n) is 15.8. The number of carbonyl (C=O) groups is 8. The molecule has 0 aliphatic heterocycles. The van der Waals surface area contributed by atoms with Crippen molar-refractivity contribution in [1.29, 1.82) is 0 Å². The van der Waals surface area contributed by atoms with Crippen molar-refractivity contribution in [3.05, 3.63) is 24.3 Å². The minimum Gasteiger partial charge on any atom is -0.460 e. The maximum Gasteiger partial charge on any atom is 0.407 e. The van der Waals surface area contributed by atoms with Gasteiger partial charge in [0.25, 0.3) is 0 Å². The van der Waals surface area contributed by atoms with Crippen LogP contribution in [0.1, 0.15) is 206 Å². The average molecular weight is 1160 g/mol. The number of esters is 2. The molecule has 20 nitrogen and oxygen atoms in total. The molecule has 8 unspecified atom stereocenters. The van der Waals surface area contributed by atoms with Gasteiger partial charge in [0.2, 0.25) is 11.8 Å². The molecule has 6 amide bonds. The summed E-state index contributed by atoms with van der Waals surface area (Å²) in [5.41, 5.74) is -0.789. The first-order valence-electron chi connectivity index (χ1n) is 30.2. The Kier molecular flexibility index (Phi) is 31.4. The SMILES string of the molecule is C=C(C)C(=O)OCCNC(=O)OCCCC(C)CCCOC(=O)NCC1(C)CC(NC(=O)CC(C)(C)CC)CC(C)(CC(CCC(C)CCCOC(=O)NCC2(C)CC(NC(=O)CC)CC(C)(C)C2)OC(=O)NCCOC(=O)C(=C)C)C1. The van der Waals surface area contributed by atoms with Gasteiger partial charge in [-0.3, -0.25) is 9.59 Å². The number of rotatable bonds is 36. The van der Waals surface area contributed by atoms with Crippen molar-refractivity contribution in [3.8, 4) is 0 Å². The number of hydrogen-bond acceptors (Lipinski definition) is 14. The van der Waals surface area contributed by atoms with E-state index in [1.54, 1.807) is 13.8 Å². The summed E-state index contributed by atoms with van der Waals surface area (Å²) in [5.74, 6) is -0.590. The molecule has 6 N–H and O–H groups in total. The molecule has 2 fully saturated rings. The van der Waals surface area contributed by atoms with E-state index in [-0.39, 0.29) is 103 Å². The molecule has 0 saturated heterocycles. The maximum absolute atomic E-state index is 13.6. The first-order chi connectivity index (χ1) is 38.3. The van der Waals surface area contributed by atoms with Crippen LogP contribution in [0, 0.1) is 38.9 Å². The zero-order valence-electron chi connectivity index (χ0n) is 52.6. The molecule has 8 atom stereocenters. The highest BCUT2D eigenvalue weighted by Crippen LogP contribution is 2.50. The van der Waals surface area contributed by atoms with Crippen LogP contribution in [-0.4, -0.2) is 126 Å². The number of ether oxygens (including phenoxy) is 6. The van der Waals surface area contributed by atoms with E-state index in [0.717, 1.165) is 44.9 Å². The van der Waals surface area contributed by atoms with Crippen LogP contribution in [0.5, 0.6) is 0 Å². The maximum atomic E-state index is 13.6. The largest absolute Gasteiger partial charge is 0.460 e. The van der Waals surface area contributed by atoms with Crippen LogP contribution in [0.25, 0.3) is 0 Å². The topological polar surface area (TPSA) is 264 Å². The molecule has 0 bridgehead atoms. The van der Waals surface area contributed by atoms with Crippen LogP contribution in [0.2, 0.25) is 0 Å². The van der Waals surface area contributed by atoms with Gasteiger partial charge in [-0.05, 0) is 149 Å². The van der Waals surface area contributed by atoms with Crippen molar-refractivity contribution in [2.24, 2.45) is 38.9 Å². The fourth-order valence-electron chi connectivity index (χ4n) is 11.9. The Morgan fingerprint density at radius 2 is 0.963 bits per heavy atom. The number of amides is 6. The van der Waals surface area contributed by atoms with E-state index in [9.17, 15) is 38.4 Å². The van der Waals surface area contributed by atoms with E-state index in [2.05, 4.69) is 114 Å². The van der Waals surface area contributed by atoms with Gasteiger partial charge in [0, 0.05) is 49.2 Å². The molecule has 2 saturated carbocycles. The Morgan fingerprint density at radius 1 is 0.537 bits per heavy atom. The van der Waals surface area contributed by atoms with Crippen molar-refractivity contribution in [1.82, 2.24) is 31.9 Å². The molecule has 82 heavy (non-hydrogen) atoms. The van der Waals surface area contributed by atoms with Crippen molar-refractivity contribution in [3.63, 3.8) is 0 Å². The lowest BCUT2D eigenvalue weighted by Gasteiger charge is -2.49. The van der Waals surface area contributed by atoms with E-state index in [0.29, 0.717) is 89.6 Å². The minimum atomic E-state index is -0.644. The lowest BCUT2D eigenvalue weighted by Crippen LogP contribution is -2.52. The Labute approximate surface area is 491 Å². The van der Waals surface area contributed by atoms with E-state index in [1.165, 1.54) is 0 Å². The molecule has 0 aromatic carbocycles. The van der Waals surface area contributed by atoms with Gasteiger partial charge in [-0.2, -0.15) is 0 Å². The van der Waals surface area contributed by atoms with Crippen LogP contribution >= 0.6 is 0 Å². The summed E-state index contributed by atoms with van der Waals surface area (Å²) < 4.78 is 32.8. The summed E-state index contributed by atoms with van der Waals surface area (Å²) in [6.45, 7) is 34.9. The van der Waals surface area contributed by atoms with Crippen LogP contribution in [-0.2, 0) is 47.6 Å². The molecule has 2 aliphatic rings. The zero-order chi connectivity index (χ0) is 61.7. The van der Waals surface area contributed by atoms with E-state index >= 15 is 0 Å². The predicted octanol–water partition coefficient (Wildman–Crippen LogP) is 10.9.